The fourth-order valence-corrected chi connectivity index (χ4v) is 2.26. The second-order valence-electron chi connectivity index (χ2n) is 5.60. The van der Waals surface area contributed by atoms with E-state index < -0.39 is 11.7 Å². The van der Waals surface area contributed by atoms with Crippen LogP contribution in [0.3, 0.4) is 0 Å². The van der Waals surface area contributed by atoms with Gasteiger partial charge in [-0.25, -0.2) is 9.07 Å². The molecule has 6 heteroatoms. The number of benzene rings is 1. The van der Waals surface area contributed by atoms with E-state index in [1.54, 1.807) is 24.5 Å². The van der Waals surface area contributed by atoms with Crippen molar-refractivity contribution in [2.45, 2.75) is 26.3 Å². The van der Waals surface area contributed by atoms with E-state index in [0.717, 1.165) is 0 Å². The van der Waals surface area contributed by atoms with E-state index in [2.05, 4.69) is 10.4 Å². The van der Waals surface area contributed by atoms with Crippen molar-refractivity contribution >= 4 is 5.91 Å². The van der Waals surface area contributed by atoms with Crippen LogP contribution in [-0.2, 0) is 0 Å². The predicted molar refractivity (Wildman–Crippen MR) is 81.3 cm³/mol. The van der Waals surface area contributed by atoms with Crippen molar-refractivity contribution < 1.29 is 14.3 Å². The monoisotopic (exact) mass is 305 g/mol. The molecular weight excluding hydrogens is 285 g/mol. The highest BCUT2D eigenvalue weighted by atomic mass is 19.1. The molecule has 2 rings (SSSR count). The maximum Gasteiger partial charge on any atom is 0.251 e. The summed E-state index contributed by atoms with van der Waals surface area (Å²) in [5.41, 5.74) is 0.498. The van der Waals surface area contributed by atoms with Crippen LogP contribution in [0.2, 0.25) is 0 Å². The molecule has 1 atom stereocenters. The molecule has 1 heterocycles. The Morgan fingerprint density at radius 1 is 1.45 bits per heavy atom. The number of aliphatic hydroxyl groups is 1. The van der Waals surface area contributed by atoms with Crippen molar-refractivity contribution in [3.05, 3.63) is 48.0 Å². The molecule has 1 aromatic carbocycles. The Labute approximate surface area is 128 Å². The quantitative estimate of drug-likeness (QED) is 0.859. The zero-order chi connectivity index (χ0) is 16.1. The summed E-state index contributed by atoms with van der Waals surface area (Å²) >= 11 is 0. The standard InChI is InChI=1S/C16H20FN3O2/c1-11(2)8-13(10-21)19-16(22)12-4-5-15(14(17)9-12)20-7-3-6-18-20/h3-7,9,11,13,21H,8,10H2,1-2H3,(H,19,22). The third kappa shape index (κ3) is 3.92. The maximum absolute atomic E-state index is 14.1. The number of aliphatic hydroxyl groups excluding tert-OH is 1. The third-order valence-corrected chi connectivity index (χ3v) is 3.27. The average Bonchev–Trinajstić information content (AvgIpc) is 2.99. The Kier molecular flexibility index (Phi) is 5.27. The van der Waals surface area contributed by atoms with Gasteiger partial charge >= 0.3 is 0 Å². The SMILES string of the molecule is CC(C)CC(CO)NC(=O)c1ccc(-n2cccn2)c(F)c1. The molecule has 5 nitrogen and oxygen atoms in total. The summed E-state index contributed by atoms with van der Waals surface area (Å²) in [7, 11) is 0. The number of carbonyl (C=O) groups is 1. The number of halogens is 1. The van der Waals surface area contributed by atoms with Crippen LogP contribution in [0.4, 0.5) is 4.39 Å². The van der Waals surface area contributed by atoms with Gasteiger partial charge in [0.25, 0.3) is 5.91 Å². The van der Waals surface area contributed by atoms with E-state index in [0.29, 0.717) is 12.3 Å². The van der Waals surface area contributed by atoms with Gasteiger partial charge in [-0.2, -0.15) is 5.10 Å². The molecule has 0 radical (unpaired) electrons. The van der Waals surface area contributed by atoms with E-state index in [1.165, 1.54) is 16.8 Å². The van der Waals surface area contributed by atoms with Gasteiger partial charge in [0.2, 0.25) is 0 Å². The molecule has 0 bridgehead atoms. The lowest BCUT2D eigenvalue weighted by atomic mass is 10.0. The summed E-state index contributed by atoms with van der Waals surface area (Å²) in [5, 5.41) is 16.0. The molecular formula is C16H20FN3O2. The van der Waals surface area contributed by atoms with Gasteiger partial charge in [0.1, 0.15) is 11.5 Å². The van der Waals surface area contributed by atoms with Crippen LogP contribution in [0, 0.1) is 11.7 Å². The summed E-state index contributed by atoms with van der Waals surface area (Å²) < 4.78 is 15.5. The van der Waals surface area contributed by atoms with Gasteiger partial charge in [0.15, 0.2) is 0 Å². The van der Waals surface area contributed by atoms with Crippen LogP contribution >= 0.6 is 0 Å². The molecule has 1 unspecified atom stereocenters. The predicted octanol–water partition coefficient (Wildman–Crippen LogP) is 2.15. The van der Waals surface area contributed by atoms with Gasteiger partial charge in [0, 0.05) is 18.0 Å². The summed E-state index contributed by atoms with van der Waals surface area (Å²) in [5.74, 6) is -0.581. The molecule has 0 saturated carbocycles. The van der Waals surface area contributed by atoms with Crippen molar-refractivity contribution in [2.24, 2.45) is 5.92 Å². The number of hydrogen-bond acceptors (Lipinski definition) is 3. The number of rotatable bonds is 6. The number of carbonyl (C=O) groups excluding carboxylic acids is 1. The van der Waals surface area contributed by atoms with Crippen LogP contribution in [0.25, 0.3) is 5.69 Å². The topological polar surface area (TPSA) is 67.2 Å². The largest absolute Gasteiger partial charge is 0.394 e. The molecule has 0 aliphatic rings. The first-order chi connectivity index (χ1) is 10.5. The summed E-state index contributed by atoms with van der Waals surface area (Å²) in [6.45, 7) is 3.87. The molecule has 0 spiro atoms. The minimum absolute atomic E-state index is 0.141. The van der Waals surface area contributed by atoms with Crippen molar-refractivity contribution in [3.63, 3.8) is 0 Å². The number of nitrogens with one attached hydrogen (secondary N) is 1. The molecule has 0 fully saturated rings. The fourth-order valence-electron chi connectivity index (χ4n) is 2.26. The lowest BCUT2D eigenvalue weighted by molar-refractivity contribution is 0.0908. The fraction of sp³-hybridized carbons (Fsp3) is 0.375. The molecule has 118 valence electrons. The zero-order valence-electron chi connectivity index (χ0n) is 12.7. The maximum atomic E-state index is 14.1. The molecule has 0 aliphatic heterocycles. The normalized spacial score (nSPS) is 12.4. The van der Waals surface area contributed by atoms with Gasteiger partial charge in [-0.1, -0.05) is 13.8 Å². The van der Waals surface area contributed by atoms with Crippen LogP contribution < -0.4 is 5.32 Å². The minimum atomic E-state index is -0.527. The Morgan fingerprint density at radius 3 is 2.77 bits per heavy atom. The molecule has 2 aromatic rings. The summed E-state index contributed by atoms with van der Waals surface area (Å²) in [4.78, 5) is 12.1. The van der Waals surface area contributed by atoms with E-state index in [9.17, 15) is 14.3 Å². The average molecular weight is 305 g/mol. The van der Waals surface area contributed by atoms with Crippen molar-refractivity contribution in [2.75, 3.05) is 6.61 Å². The molecule has 1 aromatic heterocycles. The van der Waals surface area contributed by atoms with Crippen LogP contribution in [-0.4, -0.2) is 33.4 Å². The zero-order valence-corrected chi connectivity index (χ0v) is 12.7. The van der Waals surface area contributed by atoms with Crippen LogP contribution in [0.15, 0.2) is 36.7 Å². The smallest absolute Gasteiger partial charge is 0.251 e. The lowest BCUT2D eigenvalue weighted by Gasteiger charge is -2.18. The number of amides is 1. The molecule has 1 amide bonds. The highest BCUT2D eigenvalue weighted by molar-refractivity contribution is 5.94. The molecule has 22 heavy (non-hydrogen) atoms. The molecule has 0 saturated heterocycles. The number of aromatic nitrogens is 2. The Bertz CT molecular complexity index is 626. The van der Waals surface area contributed by atoms with Gasteiger partial charge in [-0.15, -0.1) is 0 Å². The van der Waals surface area contributed by atoms with Gasteiger partial charge in [-0.05, 0) is 36.6 Å². The highest BCUT2D eigenvalue weighted by Gasteiger charge is 2.16. The third-order valence-electron chi connectivity index (χ3n) is 3.27. The van der Waals surface area contributed by atoms with E-state index in [1.807, 2.05) is 13.8 Å². The lowest BCUT2D eigenvalue weighted by Crippen LogP contribution is -2.38. The Balaban J connectivity index is 2.12. The first-order valence-electron chi connectivity index (χ1n) is 7.22. The minimum Gasteiger partial charge on any atom is -0.394 e. The second-order valence-corrected chi connectivity index (χ2v) is 5.60. The number of hydrogen-bond donors (Lipinski definition) is 2. The van der Waals surface area contributed by atoms with Crippen molar-refractivity contribution in [1.82, 2.24) is 15.1 Å². The first-order valence-corrected chi connectivity index (χ1v) is 7.22. The van der Waals surface area contributed by atoms with Crippen molar-refractivity contribution in [3.8, 4) is 5.69 Å². The molecule has 2 N–H and O–H groups in total. The summed E-state index contributed by atoms with van der Waals surface area (Å²) in [6, 6.07) is 5.59. The number of nitrogens with zero attached hydrogens (tertiary/aromatic N) is 2. The molecule has 0 aliphatic carbocycles. The van der Waals surface area contributed by atoms with Crippen LogP contribution in [0.5, 0.6) is 0 Å². The van der Waals surface area contributed by atoms with E-state index >= 15 is 0 Å². The van der Waals surface area contributed by atoms with Gasteiger partial charge in [0.05, 0.1) is 12.6 Å². The van der Waals surface area contributed by atoms with Gasteiger partial charge in [-0.3, -0.25) is 4.79 Å². The van der Waals surface area contributed by atoms with E-state index in [4.69, 9.17) is 0 Å². The van der Waals surface area contributed by atoms with Crippen molar-refractivity contribution in [1.29, 1.82) is 0 Å². The van der Waals surface area contributed by atoms with Gasteiger partial charge < -0.3 is 10.4 Å². The summed E-state index contributed by atoms with van der Waals surface area (Å²) in [6.07, 6.45) is 3.84. The second kappa shape index (κ2) is 7.17. The Hall–Kier alpha value is -2.21. The highest BCUT2D eigenvalue weighted by Crippen LogP contribution is 2.15. The van der Waals surface area contributed by atoms with E-state index in [-0.39, 0.29) is 23.9 Å². The van der Waals surface area contributed by atoms with Crippen LogP contribution in [0.1, 0.15) is 30.6 Å². The first kappa shape index (κ1) is 16.2. The Morgan fingerprint density at radius 2 is 2.23 bits per heavy atom.